The minimum absolute atomic E-state index is 0.137. The molecule has 6 heteroatoms. The molecule has 1 aromatic rings. The highest BCUT2D eigenvalue weighted by Gasteiger charge is 2.03. The quantitative estimate of drug-likeness (QED) is 0.771. The summed E-state index contributed by atoms with van der Waals surface area (Å²) in [5.41, 5.74) is 0. The zero-order valence-electron chi connectivity index (χ0n) is 11.0. The van der Waals surface area contributed by atoms with Gasteiger partial charge in [-0.3, -0.25) is 0 Å². The molecule has 0 aliphatic rings. The van der Waals surface area contributed by atoms with Gasteiger partial charge in [0.25, 0.3) is 0 Å². The molecule has 2 N–H and O–H groups in total. The van der Waals surface area contributed by atoms with Gasteiger partial charge >= 0.3 is 6.03 Å². The van der Waals surface area contributed by atoms with Gasteiger partial charge in [-0.2, -0.15) is 0 Å². The van der Waals surface area contributed by atoms with Crippen LogP contribution in [0, 0.1) is 0 Å². The van der Waals surface area contributed by atoms with Crippen LogP contribution in [0.15, 0.2) is 22.7 Å². The number of hydrogen-bond donors (Lipinski definition) is 2. The van der Waals surface area contributed by atoms with Gasteiger partial charge in [-0.05, 0) is 38.5 Å². The molecule has 0 fully saturated rings. The van der Waals surface area contributed by atoms with Crippen LogP contribution in [0.2, 0.25) is 5.02 Å². The van der Waals surface area contributed by atoms with Crippen molar-refractivity contribution in [2.24, 2.45) is 0 Å². The molecule has 106 valence electrons. The van der Waals surface area contributed by atoms with Crippen molar-refractivity contribution in [1.29, 1.82) is 0 Å². The van der Waals surface area contributed by atoms with Crippen LogP contribution < -0.4 is 15.4 Å². The molecule has 1 rings (SSSR count). The maximum atomic E-state index is 11.3. The van der Waals surface area contributed by atoms with Gasteiger partial charge in [-0.1, -0.05) is 27.5 Å². The molecule has 0 aliphatic heterocycles. The normalized spacial score (nSPS) is 10.4. The van der Waals surface area contributed by atoms with E-state index in [2.05, 4.69) is 26.6 Å². The minimum atomic E-state index is -0.156. The fraction of sp³-hybridized carbons (Fsp3) is 0.462. The van der Waals surface area contributed by atoms with E-state index < -0.39 is 0 Å². The summed E-state index contributed by atoms with van der Waals surface area (Å²) in [7, 11) is 0. The second-order valence-corrected chi connectivity index (χ2v) is 5.65. The molecule has 0 saturated carbocycles. The van der Waals surface area contributed by atoms with Crippen LogP contribution in [0.1, 0.15) is 20.3 Å². The van der Waals surface area contributed by atoms with Crippen molar-refractivity contribution in [3.8, 4) is 5.75 Å². The van der Waals surface area contributed by atoms with Crippen LogP contribution in [-0.2, 0) is 0 Å². The predicted molar refractivity (Wildman–Crippen MR) is 80.9 cm³/mol. The highest BCUT2D eigenvalue weighted by atomic mass is 79.9. The van der Waals surface area contributed by atoms with Gasteiger partial charge in [0.1, 0.15) is 5.75 Å². The Morgan fingerprint density at radius 3 is 2.84 bits per heavy atom. The van der Waals surface area contributed by atoms with Crippen molar-refractivity contribution in [3.05, 3.63) is 27.7 Å². The van der Waals surface area contributed by atoms with Gasteiger partial charge < -0.3 is 15.4 Å². The number of halogens is 2. The van der Waals surface area contributed by atoms with E-state index in [1.54, 1.807) is 6.07 Å². The lowest BCUT2D eigenvalue weighted by Crippen LogP contribution is -2.40. The number of amides is 2. The molecule has 4 nitrogen and oxygen atoms in total. The molecule has 1 aromatic carbocycles. The third-order valence-electron chi connectivity index (χ3n) is 2.18. The fourth-order valence-electron chi connectivity index (χ4n) is 1.36. The summed E-state index contributed by atoms with van der Waals surface area (Å²) in [4.78, 5) is 11.3. The Balaban J connectivity index is 2.19. The van der Waals surface area contributed by atoms with E-state index in [4.69, 9.17) is 16.3 Å². The summed E-state index contributed by atoms with van der Waals surface area (Å²) in [6, 6.07) is 5.45. The Hall–Kier alpha value is -0.940. The second kappa shape index (κ2) is 8.27. The minimum Gasteiger partial charge on any atom is -0.492 e. The lowest BCUT2D eigenvalue weighted by molar-refractivity contribution is 0.237. The molecule has 0 atom stereocenters. The monoisotopic (exact) mass is 348 g/mol. The van der Waals surface area contributed by atoms with Crippen molar-refractivity contribution in [1.82, 2.24) is 10.6 Å². The SMILES string of the molecule is CC(C)NC(=O)NCCCOc1ccc(Br)cc1Cl. The van der Waals surface area contributed by atoms with E-state index >= 15 is 0 Å². The van der Waals surface area contributed by atoms with Crippen LogP contribution in [0.3, 0.4) is 0 Å². The zero-order chi connectivity index (χ0) is 14.3. The molecular weight excluding hydrogens is 332 g/mol. The Bertz CT molecular complexity index is 427. The van der Waals surface area contributed by atoms with Crippen molar-refractivity contribution in [3.63, 3.8) is 0 Å². The molecule has 0 aliphatic carbocycles. The van der Waals surface area contributed by atoms with Gasteiger partial charge in [-0.25, -0.2) is 4.79 Å². The number of carbonyl (C=O) groups is 1. The van der Waals surface area contributed by atoms with E-state index in [1.165, 1.54) is 0 Å². The number of carbonyl (C=O) groups excluding carboxylic acids is 1. The number of ether oxygens (including phenoxy) is 1. The average molecular weight is 350 g/mol. The molecule has 0 spiro atoms. The van der Waals surface area contributed by atoms with Gasteiger partial charge in [0.15, 0.2) is 0 Å². The van der Waals surface area contributed by atoms with Crippen LogP contribution in [0.25, 0.3) is 0 Å². The number of hydrogen-bond acceptors (Lipinski definition) is 2. The summed E-state index contributed by atoms with van der Waals surface area (Å²) in [5.74, 6) is 0.650. The molecule has 0 aromatic heterocycles. The van der Waals surface area contributed by atoms with E-state index in [0.29, 0.717) is 23.9 Å². The summed E-state index contributed by atoms with van der Waals surface area (Å²) in [5, 5.41) is 6.07. The van der Waals surface area contributed by atoms with Crippen LogP contribution in [0.4, 0.5) is 4.79 Å². The van der Waals surface area contributed by atoms with Crippen LogP contribution in [-0.4, -0.2) is 25.2 Å². The lowest BCUT2D eigenvalue weighted by Gasteiger charge is -2.11. The highest BCUT2D eigenvalue weighted by molar-refractivity contribution is 9.10. The Morgan fingerprint density at radius 2 is 2.21 bits per heavy atom. The smallest absolute Gasteiger partial charge is 0.314 e. The first-order valence-corrected chi connectivity index (χ1v) is 7.28. The Labute approximate surface area is 127 Å². The average Bonchev–Trinajstić information content (AvgIpc) is 2.30. The number of urea groups is 1. The molecule has 0 radical (unpaired) electrons. The molecular formula is C13H18BrClN2O2. The van der Waals surface area contributed by atoms with Crippen LogP contribution in [0.5, 0.6) is 5.75 Å². The van der Waals surface area contributed by atoms with Crippen molar-refractivity contribution < 1.29 is 9.53 Å². The van der Waals surface area contributed by atoms with Gasteiger partial charge in [0.2, 0.25) is 0 Å². The maximum absolute atomic E-state index is 11.3. The van der Waals surface area contributed by atoms with E-state index in [-0.39, 0.29) is 12.1 Å². The van der Waals surface area contributed by atoms with Gasteiger partial charge in [-0.15, -0.1) is 0 Å². The van der Waals surface area contributed by atoms with E-state index in [9.17, 15) is 4.79 Å². The molecule has 0 bridgehead atoms. The number of rotatable bonds is 6. The maximum Gasteiger partial charge on any atom is 0.314 e. The highest BCUT2D eigenvalue weighted by Crippen LogP contribution is 2.27. The van der Waals surface area contributed by atoms with Crippen molar-refractivity contribution >= 4 is 33.6 Å². The topological polar surface area (TPSA) is 50.4 Å². The molecule has 19 heavy (non-hydrogen) atoms. The van der Waals surface area contributed by atoms with E-state index in [0.717, 1.165) is 10.9 Å². The second-order valence-electron chi connectivity index (χ2n) is 4.33. The largest absolute Gasteiger partial charge is 0.492 e. The fourth-order valence-corrected chi connectivity index (χ4v) is 2.09. The van der Waals surface area contributed by atoms with Gasteiger partial charge in [0.05, 0.1) is 11.6 Å². The van der Waals surface area contributed by atoms with Crippen LogP contribution >= 0.6 is 27.5 Å². The first-order valence-electron chi connectivity index (χ1n) is 6.11. The molecule has 2 amide bonds. The standard InChI is InChI=1S/C13H18BrClN2O2/c1-9(2)17-13(18)16-6-3-7-19-12-5-4-10(14)8-11(12)15/h4-5,8-9H,3,6-7H2,1-2H3,(H2,16,17,18). The third-order valence-corrected chi connectivity index (χ3v) is 2.97. The third kappa shape index (κ3) is 6.68. The summed E-state index contributed by atoms with van der Waals surface area (Å²) >= 11 is 9.35. The van der Waals surface area contributed by atoms with Crippen molar-refractivity contribution in [2.75, 3.05) is 13.2 Å². The first kappa shape index (κ1) is 16.1. The Kier molecular flexibility index (Phi) is 7.02. The lowest BCUT2D eigenvalue weighted by atomic mass is 10.3. The van der Waals surface area contributed by atoms with Crippen molar-refractivity contribution in [2.45, 2.75) is 26.3 Å². The zero-order valence-corrected chi connectivity index (χ0v) is 13.3. The number of nitrogens with one attached hydrogen (secondary N) is 2. The summed E-state index contributed by atoms with van der Waals surface area (Å²) in [6.45, 7) is 4.90. The predicted octanol–water partition coefficient (Wildman–Crippen LogP) is 3.58. The summed E-state index contributed by atoms with van der Waals surface area (Å²) < 4.78 is 6.44. The molecule has 0 saturated heterocycles. The summed E-state index contributed by atoms with van der Waals surface area (Å²) in [6.07, 6.45) is 0.720. The van der Waals surface area contributed by atoms with E-state index in [1.807, 2.05) is 26.0 Å². The first-order chi connectivity index (χ1) is 8.99. The number of benzene rings is 1. The molecule has 0 unspecified atom stereocenters. The molecule has 0 heterocycles. The van der Waals surface area contributed by atoms with Gasteiger partial charge in [0, 0.05) is 17.1 Å². The Morgan fingerprint density at radius 1 is 1.47 bits per heavy atom.